The summed E-state index contributed by atoms with van der Waals surface area (Å²) in [5, 5.41) is 9.02. The highest BCUT2D eigenvalue weighted by molar-refractivity contribution is 5.88. The third kappa shape index (κ3) is 3.11. The van der Waals surface area contributed by atoms with Crippen LogP contribution in [0.3, 0.4) is 0 Å². The van der Waals surface area contributed by atoms with Crippen molar-refractivity contribution < 1.29 is 14.6 Å². The summed E-state index contributed by atoms with van der Waals surface area (Å²) in [4.78, 5) is 15.6. The van der Waals surface area contributed by atoms with Crippen LogP contribution in [0.15, 0.2) is 36.4 Å². The molecule has 1 aromatic heterocycles. The zero-order valence-electron chi connectivity index (χ0n) is 14.0. The third-order valence-electron chi connectivity index (χ3n) is 4.22. The van der Waals surface area contributed by atoms with Crippen LogP contribution >= 0.6 is 0 Å². The van der Waals surface area contributed by atoms with Crippen molar-refractivity contribution in [1.82, 2.24) is 9.55 Å². The minimum Gasteiger partial charge on any atom is -0.492 e. The van der Waals surface area contributed by atoms with Crippen molar-refractivity contribution in [2.45, 2.75) is 27.3 Å². The Labute approximate surface area is 140 Å². The fourth-order valence-corrected chi connectivity index (χ4v) is 2.76. The van der Waals surface area contributed by atoms with Crippen molar-refractivity contribution in [1.29, 1.82) is 0 Å². The molecule has 0 radical (unpaired) electrons. The summed E-state index contributed by atoms with van der Waals surface area (Å²) >= 11 is 0. The molecule has 5 nitrogen and oxygen atoms in total. The topological polar surface area (TPSA) is 64.4 Å². The van der Waals surface area contributed by atoms with Gasteiger partial charge in [0.2, 0.25) is 0 Å². The van der Waals surface area contributed by atoms with Crippen molar-refractivity contribution >= 4 is 17.0 Å². The SMILES string of the molecule is Cc1cc2nc(C)n(CCOc3cccc(C(=O)O)c3)c2cc1C. The summed E-state index contributed by atoms with van der Waals surface area (Å²) in [6, 6.07) is 10.8. The molecule has 124 valence electrons. The number of hydrogen-bond acceptors (Lipinski definition) is 3. The Bertz CT molecular complexity index is 912. The van der Waals surface area contributed by atoms with Gasteiger partial charge >= 0.3 is 5.97 Å². The molecule has 3 aromatic rings. The molecule has 2 aromatic carbocycles. The van der Waals surface area contributed by atoms with E-state index in [1.54, 1.807) is 18.2 Å². The molecule has 0 saturated carbocycles. The van der Waals surface area contributed by atoms with Crippen molar-refractivity contribution in [2.24, 2.45) is 0 Å². The van der Waals surface area contributed by atoms with Crippen LogP contribution in [0, 0.1) is 20.8 Å². The lowest BCUT2D eigenvalue weighted by molar-refractivity contribution is 0.0696. The number of carboxylic acid groups (broad SMARTS) is 1. The van der Waals surface area contributed by atoms with E-state index in [1.807, 2.05) is 6.92 Å². The number of carboxylic acids is 1. The summed E-state index contributed by atoms with van der Waals surface area (Å²) in [6.07, 6.45) is 0. The maximum atomic E-state index is 11.0. The molecule has 0 unspecified atom stereocenters. The van der Waals surface area contributed by atoms with Crippen molar-refractivity contribution in [3.05, 3.63) is 58.9 Å². The lowest BCUT2D eigenvalue weighted by Gasteiger charge is -2.10. The summed E-state index contributed by atoms with van der Waals surface area (Å²) in [7, 11) is 0. The molecule has 0 fully saturated rings. The molecule has 3 rings (SSSR count). The zero-order valence-corrected chi connectivity index (χ0v) is 14.0. The summed E-state index contributed by atoms with van der Waals surface area (Å²) in [6.45, 7) is 7.26. The second kappa shape index (κ2) is 6.35. The van der Waals surface area contributed by atoms with E-state index in [4.69, 9.17) is 9.84 Å². The predicted octanol–water partition coefficient (Wildman–Crippen LogP) is 3.74. The maximum absolute atomic E-state index is 11.0. The molecule has 0 amide bonds. The van der Waals surface area contributed by atoms with Gasteiger partial charge < -0.3 is 14.4 Å². The third-order valence-corrected chi connectivity index (χ3v) is 4.22. The van der Waals surface area contributed by atoms with Gasteiger partial charge in [-0.05, 0) is 62.2 Å². The standard InChI is InChI=1S/C19H20N2O3/c1-12-9-17-18(10-13(12)2)21(14(3)20-17)7-8-24-16-6-4-5-15(11-16)19(22)23/h4-6,9-11H,7-8H2,1-3H3,(H,22,23). The molecule has 24 heavy (non-hydrogen) atoms. The Kier molecular flexibility index (Phi) is 4.25. The average Bonchev–Trinajstić information content (AvgIpc) is 2.83. The van der Waals surface area contributed by atoms with E-state index in [0.717, 1.165) is 16.9 Å². The highest BCUT2D eigenvalue weighted by Gasteiger charge is 2.09. The van der Waals surface area contributed by atoms with Gasteiger partial charge in [0.25, 0.3) is 0 Å². The number of rotatable bonds is 5. The highest BCUT2D eigenvalue weighted by atomic mass is 16.5. The maximum Gasteiger partial charge on any atom is 0.335 e. The monoisotopic (exact) mass is 324 g/mol. The minimum atomic E-state index is -0.956. The summed E-state index contributed by atoms with van der Waals surface area (Å²) in [5.74, 6) is 0.546. The zero-order chi connectivity index (χ0) is 17.3. The van der Waals surface area contributed by atoms with E-state index in [-0.39, 0.29) is 5.56 Å². The molecule has 0 bridgehead atoms. The van der Waals surface area contributed by atoms with Crippen LogP contribution in [0.5, 0.6) is 5.75 Å². The van der Waals surface area contributed by atoms with Crippen LogP contribution in [0.1, 0.15) is 27.3 Å². The van der Waals surface area contributed by atoms with E-state index >= 15 is 0 Å². The molecule has 1 N–H and O–H groups in total. The number of ether oxygens (including phenoxy) is 1. The Balaban J connectivity index is 1.76. The Morgan fingerprint density at radius 1 is 1.17 bits per heavy atom. The fourth-order valence-electron chi connectivity index (χ4n) is 2.76. The number of imidazole rings is 1. The van der Waals surface area contributed by atoms with Crippen molar-refractivity contribution in [2.75, 3.05) is 6.61 Å². The second-order valence-electron chi connectivity index (χ2n) is 5.92. The van der Waals surface area contributed by atoms with Gasteiger partial charge in [-0.25, -0.2) is 9.78 Å². The first-order valence-electron chi connectivity index (χ1n) is 7.86. The van der Waals surface area contributed by atoms with Gasteiger partial charge in [-0.1, -0.05) is 6.07 Å². The Hall–Kier alpha value is -2.82. The minimum absolute atomic E-state index is 0.225. The van der Waals surface area contributed by atoms with Gasteiger partial charge in [0, 0.05) is 0 Å². The van der Waals surface area contributed by atoms with Crippen molar-refractivity contribution in [3.8, 4) is 5.75 Å². The number of hydrogen-bond donors (Lipinski definition) is 1. The number of nitrogens with zero attached hydrogens (tertiary/aromatic N) is 2. The van der Waals surface area contributed by atoms with Crippen LogP contribution in [0.25, 0.3) is 11.0 Å². The van der Waals surface area contributed by atoms with Crippen LogP contribution in [-0.2, 0) is 6.54 Å². The Morgan fingerprint density at radius 3 is 2.67 bits per heavy atom. The lowest BCUT2D eigenvalue weighted by atomic mass is 10.1. The first-order chi connectivity index (χ1) is 11.5. The Morgan fingerprint density at radius 2 is 1.92 bits per heavy atom. The van der Waals surface area contributed by atoms with E-state index in [9.17, 15) is 4.79 Å². The van der Waals surface area contributed by atoms with Gasteiger partial charge in [-0.15, -0.1) is 0 Å². The smallest absolute Gasteiger partial charge is 0.335 e. The number of benzene rings is 2. The van der Waals surface area contributed by atoms with E-state index in [1.165, 1.54) is 17.2 Å². The van der Waals surface area contributed by atoms with E-state index in [0.29, 0.717) is 18.9 Å². The normalized spacial score (nSPS) is 11.0. The molecule has 0 saturated heterocycles. The number of aryl methyl sites for hydroxylation is 3. The molecule has 0 aliphatic carbocycles. The first-order valence-corrected chi connectivity index (χ1v) is 7.86. The van der Waals surface area contributed by atoms with Crippen LogP contribution in [0.4, 0.5) is 0 Å². The largest absolute Gasteiger partial charge is 0.492 e. The van der Waals surface area contributed by atoms with Gasteiger partial charge in [0.15, 0.2) is 0 Å². The molecule has 0 atom stereocenters. The average molecular weight is 324 g/mol. The summed E-state index contributed by atoms with van der Waals surface area (Å²) < 4.78 is 7.84. The van der Waals surface area contributed by atoms with Gasteiger partial charge in [-0.3, -0.25) is 0 Å². The second-order valence-corrected chi connectivity index (χ2v) is 5.92. The van der Waals surface area contributed by atoms with E-state index < -0.39 is 5.97 Å². The molecule has 1 heterocycles. The molecule has 0 aliphatic heterocycles. The molecular weight excluding hydrogens is 304 g/mol. The van der Waals surface area contributed by atoms with Crippen LogP contribution < -0.4 is 4.74 Å². The quantitative estimate of drug-likeness (QED) is 0.776. The lowest BCUT2D eigenvalue weighted by Crippen LogP contribution is -2.10. The van der Waals surface area contributed by atoms with Gasteiger partial charge in [0.05, 0.1) is 23.1 Å². The molecule has 5 heteroatoms. The number of fused-ring (bicyclic) bond motifs is 1. The highest BCUT2D eigenvalue weighted by Crippen LogP contribution is 2.21. The first kappa shape index (κ1) is 16.1. The number of carbonyl (C=O) groups is 1. The number of aromatic carboxylic acids is 1. The number of aromatic nitrogens is 2. The van der Waals surface area contributed by atoms with Crippen molar-refractivity contribution in [3.63, 3.8) is 0 Å². The van der Waals surface area contributed by atoms with Gasteiger partial charge in [-0.2, -0.15) is 0 Å². The van der Waals surface area contributed by atoms with Crippen LogP contribution in [-0.4, -0.2) is 27.2 Å². The predicted molar refractivity (Wildman–Crippen MR) is 92.8 cm³/mol. The van der Waals surface area contributed by atoms with Gasteiger partial charge in [0.1, 0.15) is 18.2 Å². The molecule has 0 aliphatic rings. The molecular formula is C19H20N2O3. The van der Waals surface area contributed by atoms with E-state index in [2.05, 4.69) is 35.5 Å². The summed E-state index contributed by atoms with van der Waals surface area (Å²) in [5.41, 5.74) is 4.78. The molecule has 0 spiro atoms. The fraction of sp³-hybridized carbons (Fsp3) is 0.263. The van der Waals surface area contributed by atoms with Crippen LogP contribution in [0.2, 0.25) is 0 Å².